The number of pyridine rings is 2. The highest BCUT2D eigenvalue weighted by atomic mass is 19.1. The van der Waals surface area contributed by atoms with Crippen molar-refractivity contribution in [3.05, 3.63) is 60.3 Å². The summed E-state index contributed by atoms with van der Waals surface area (Å²) in [6.07, 6.45) is 7.19. The molecule has 3 rings (SSSR count). The van der Waals surface area contributed by atoms with Crippen molar-refractivity contribution < 1.29 is 13.9 Å². The van der Waals surface area contributed by atoms with E-state index in [1.54, 1.807) is 35.5 Å². The van der Waals surface area contributed by atoms with E-state index in [9.17, 15) is 9.18 Å². The lowest BCUT2D eigenvalue weighted by atomic mass is 10.2. The normalized spacial score (nSPS) is 17.6. The van der Waals surface area contributed by atoms with Gasteiger partial charge >= 0.3 is 0 Å². The van der Waals surface area contributed by atoms with Gasteiger partial charge in [-0.15, -0.1) is 0 Å². The molecule has 0 aliphatic carbocycles. The van der Waals surface area contributed by atoms with Crippen molar-refractivity contribution in [2.75, 3.05) is 13.1 Å². The van der Waals surface area contributed by atoms with Gasteiger partial charge in [-0.25, -0.2) is 0 Å². The van der Waals surface area contributed by atoms with Gasteiger partial charge in [-0.3, -0.25) is 9.78 Å². The first kappa shape index (κ1) is 15.1. The zero-order valence-electron chi connectivity index (χ0n) is 12.4. The van der Waals surface area contributed by atoms with Crippen molar-refractivity contribution in [1.29, 1.82) is 0 Å². The predicted molar refractivity (Wildman–Crippen MR) is 83.1 cm³/mol. The molecule has 1 unspecified atom stereocenters. The number of nitrogens with zero attached hydrogens (tertiary/aromatic N) is 3. The van der Waals surface area contributed by atoms with E-state index in [1.165, 1.54) is 12.1 Å². The maximum absolute atomic E-state index is 13.0. The third-order valence-electron chi connectivity index (χ3n) is 3.56. The first-order chi connectivity index (χ1) is 11.2. The summed E-state index contributed by atoms with van der Waals surface area (Å²) in [5.74, 6) is -0.398. The minimum atomic E-state index is -0.575. The second-order valence-corrected chi connectivity index (χ2v) is 5.23. The molecule has 6 heteroatoms. The fraction of sp³-hybridized carbons (Fsp3) is 0.235. The van der Waals surface area contributed by atoms with Crippen LogP contribution in [-0.2, 0) is 4.79 Å². The minimum absolute atomic E-state index is 0.0693. The van der Waals surface area contributed by atoms with Crippen LogP contribution in [0, 0.1) is 5.95 Å². The van der Waals surface area contributed by atoms with E-state index in [4.69, 9.17) is 4.74 Å². The molecule has 0 bridgehead atoms. The Morgan fingerprint density at radius 1 is 1.30 bits per heavy atom. The number of aromatic nitrogens is 2. The predicted octanol–water partition coefficient (Wildman–Crippen LogP) is 2.31. The SMILES string of the molecule is O=C(/C=C/c1ccncc1)N1CCC(Oc2cccc(F)n2)C1. The molecule has 5 nitrogen and oxygen atoms in total. The maximum atomic E-state index is 13.0. The number of rotatable bonds is 4. The molecule has 1 aliphatic rings. The first-order valence-corrected chi connectivity index (χ1v) is 7.37. The lowest BCUT2D eigenvalue weighted by molar-refractivity contribution is -0.125. The Morgan fingerprint density at radius 3 is 2.91 bits per heavy atom. The van der Waals surface area contributed by atoms with E-state index in [0.717, 1.165) is 5.56 Å². The Morgan fingerprint density at radius 2 is 2.13 bits per heavy atom. The number of amides is 1. The Balaban J connectivity index is 1.55. The van der Waals surface area contributed by atoms with Crippen LogP contribution in [0.25, 0.3) is 6.08 Å². The van der Waals surface area contributed by atoms with Gasteiger partial charge in [0.2, 0.25) is 17.7 Å². The number of hydrogen-bond acceptors (Lipinski definition) is 4. The summed E-state index contributed by atoms with van der Waals surface area (Å²) >= 11 is 0. The van der Waals surface area contributed by atoms with Crippen molar-refractivity contribution in [2.45, 2.75) is 12.5 Å². The quantitative estimate of drug-likeness (QED) is 0.642. The monoisotopic (exact) mass is 313 g/mol. The smallest absolute Gasteiger partial charge is 0.246 e. The largest absolute Gasteiger partial charge is 0.472 e. The molecular formula is C17H16FN3O2. The zero-order chi connectivity index (χ0) is 16.1. The van der Waals surface area contributed by atoms with E-state index in [0.29, 0.717) is 19.5 Å². The van der Waals surface area contributed by atoms with E-state index in [-0.39, 0.29) is 17.9 Å². The van der Waals surface area contributed by atoms with E-state index in [2.05, 4.69) is 9.97 Å². The second-order valence-electron chi connectivity index (χ2n) is 5.23. The van der Waals surface area contributed by atoms with Crippen LogP contribution in [0.4, 0.5) is 4.39 Å². The van der Waals surface area contributed by atoms with Crippen LogP contribution in [0.15, 0.2) is 48.8 Å². The van der Waals surface area contributed by atoms with Gasteiger partial charge < -0.3 is 9.64 Å². The summed E-state index contributed by atoms with van der Waals surface area (Å²) in [7, 11) is 0. The van der Waals surface area contributed by atoms with Gasteiger partial charge in [-0.05, 0) is 29.8 Å². The molecule has 0 radical (unpaired) electrons. The lowest BCUT2D eigenvalue weighted by Gasteiger charge is -2.15. The summed E-state index contributed by atoms with van der Waals surface area (Å²) in [6.45, 7) is 1.08. The molecule has 2 aromatic heterocycles. The lowest BCUT2D eigenvalue weighted by Crippen LogP contribution is -2.29. The number of ether oxygens (including phenoxy) is 1. The zero-order valence-corrected chi connectivity index (χ0v) is 12.4. The molecule has 0 spiro atoms. The number of carbonyl (C=O) groups excluding carboxylic acids is 1. The Labute approximate surface area is 133 Å². The van der Waals surface area contributed by atoms with Gasteiger partial charge in [0.05, 0.1) is 6.54 Å². The summed E-state index contributed by atoms with van der Waals surface area (Å²) in [5.41, 5.74) is 0.921. The Kier molecular flexibility index (Phi) is 4.61. The van der Waals surface area contributed by atoms with Crippen LogP contribution in [0.3, 0.4) is 0 Å². The van der Waals surface area contributed by atoms with Crippen molar-refractivity contribution in [1.82, 2.24) is 14.9 Å². The van der Waals surface area contributed by atoms with Crippen LogP contribution in [0.1, 0.15) is 12.0 Å². The van der Waals surface area contributed by atoms with Gasteiger partial charge in [0.15, 0.2) is 0 Å². The van der Waals surface area contributed by atoms with Gasteiger partial charge in [0.25, 0.3) is 0 Å². The van der Waals surface area contributed by atoms with Gasteiger partial charge in [-0.2, -0.15) is 9.37 Å². The van der Waals surface area contributed by atoms with Gasteiger partial charge in [-0.1, -0.05) is 6.07 Å². The molecule has 23 heavy (non-hydrogen) atoms. The Hall–Kier alpha value is -2.76. The van der Waals surface area contributed by atoms with Crippen LogP contribution in [0.2, 0.25) is 0 Å². The van der Waals surface area contributed by atoms with Crippen molar-refractivity contribution >= 4 is 12.0 Å². The molecule has 1 amide bonds. The first-order valence-electron chi connectivity index (χ1n) is 7.37. The molecule has 1 fully saturated rings. The highest BCUT2D eigenvalue weighted by molar-refractivity contribution is 5.91. The second kappa shape index (κ2) is 7.00. The fourth-order valence-corrected chi connectivity index (χ4v) is 2.40. The fourth-order valence-electron chi connectivity index (χ4n) is 2.40. The summed E-state index contributed by atoms with van der Waals surface area (Å²) in [4.78, 5) is 21.5. The highest BCUT2D eigenvalue weighted by Gasteiger charge is 2.26. The molecule has 1 aliphatic heterocycles. The molecule has 1 atom stereocenters. The van der Waals surface area contributed by atoms with Crippen LogP contribution >= 0.6 is 0 Å². The molecule has 3 heterocycles. The molecular weight excluding hydrogens is 297 g/mol. The van der Waals surface area contributed by atoms with E-state index >= 15 is 0 Å². The molecule has 0 saturated carbocycles. The average Bonchev–Trinajstić information content (AvgIpc) is 3.02. The van der Waals surface area contributed by atoms with Crippen LogP contribution in [0.5, 0.6) is 5.88 Å². The van der Waals surface area contributed by atoms with Crippen molar-refractivity contribution in [3.63, 3.8) is 0 Å². The summed E-state index contributed by atoms with van der Waals surface area (Å²) in [5, 5.41) is 0. The summed E-state index contributed by atoms with van der Waals surface area (Å²) < 4.78 is 18.7. The Bertz CT molecular complexity index is 706. The number of halogens is 1. The van der Waals surface area contributed by atoms with Gasteiger partial charge in [0.1, 0.15) is 6.10 Å². The third kappa shape index (κ3) is 4.12. The molecule has 0 N–H and O–H groups in total. The van der Waals surface area contributed by atoms with E-state index < -0.39 is 5.95 Å². The van der Waals surface area contributed by atoms with Crippen LogP contribution < -0.4 is 4.74 Å². The van der Waals surface area contributed by atoms with Crippen molar-refractivity contribution in [3.8, 4) is 5.88 Å². The van der Waals surface area contributed by atoms with Crippen LogP contribution in [-0.4, -0.2) is 40.0 Å². The molecule has 2 aromatic rings. The molecule has 118 valence electrons. The van der Waals surface area contributed by atoms with Gasteiger partial charge in [0, 0.05) is 37.5 Å². The minimum Gasteiger partial charge on any atom is -0.472 e. The molecule has 1 saturated heterocycles. The van der Waals surface area contributed by atoms with E-state index in [1.807, 2.05) is 12.1 Å². The number of carbonyl (C=O) groups is 1. The highest BCUT2D eigenvalue weighted by Crippen LogP contribution is 2.17. The summed E-state index contributed by atoms with van der Waals surface area (Å²) in [6, 6.07) is 8.08. The number of hydrogen-bond donors (Lipinski definition) is 0. The topological polar surface area (TPSA) is 55.3 Å². The standard InChI is InChI=1S/C17H16FN3O2/c18-15-2-1-3-16(20-15)23-14-8-11-21(12-14)17(22)5-4-13-6-9-19-10-7-13/h1-7,9-10,14H,8,11-12H2/b5-4+. The van der Waals surface area contributed by atoms with Crippen molar-refractivity contribution in [2.24, 2.45) is 0 Å². The number of likely N-dealkylation sites (tertiary alicyclic amines) is 1. The maximum Gasteiger partial charge on any atom is 0.246 e. The average molecular weight is 313 g/mol. The third-order valence-corrected chi connectivity index (χ3v) is 3.56. The molecule has 0 aromatic carbocycles.